The smallest absolute Gasteiger partial charge is 0.329 e. The number of carboxylic acid groups (broad SMARTS) is 1. The van der Waals surface area contributed by atoms with Crippen molar-refractivity contribution in [3.63, 3.8) is 0 Å². The van der Waals surface area contributed by atoms with Gasteiger partial charge in [-0.15, -0.1) is 0 Å². The zero-order valence-electron chi connectivity index (χ0n) is 10.7. The lowest BCUT2D eigenvalue weighted by Gasteiger charge is -2.28. The number of aryl methyl sites for hydroxylation is 1. The third-order valence-electron chi connectivity index (χ3n) is 2.94. The molecule has 6 heteroatoms. The Hall–Kier alpha value is -2.16. The number of carbonyl (C=O) groups is 1. The van der Waals surface area contributed by atoms with Gasteiger partial charge in [-0.05, 0) is 25.8 Å². The van der Waals surface area contributed by atoms with Crippen LogP contribution in [0.1, 0.15) is 38.1 Å². The molecule has 1 aromatic heterocycles. The van der Waals surface area contributed by atoms with E-state index in [1.54, 1.807) is 26.8 Å². The van der Waals surface area contributed by atoms with E-state index in [0.717, 1.165) is 0 Å². The Labute approximate surface area is 106 Å². The van der Waals surface area contributed by atoms with E-state index in [9.17, 15) is 9.90 Å². The highest BCUT2D eigenvalue weighted by Gasteiger charge is 2.35. The van der Waals surface area contributed by atoms with Gasteiger partial charge in [-0.2, -0.15) is 5.26 Å². The molecule has 2 N–H and O–H groups in total. The van der Waals surface area contributed by atoms with E-state index in [1.807, 2.05) is 6.07 Å². The molecule has 0 aliphatic carbocycles. The average molecular weight is 248 g/mol. The summed E-state index contributed by atoms with van der Waals surface area (Å²) >= 11 is 0. The predicted molar refractivity (Wildman–Crippen MR) is 66.1 cm³/mol. The van der Waals surface area contributed by atoms with Crippen LogP contribution in [0.2, 0.25) is 0 Å². The molecule has 18 heavy (non-hydrogen) atoms. The van der Waals surface area contributed by atoms with Crippen LogP contribution in [-0.4, -0.2) is 26.6 Å². The van der Waals surface area contributed by atoms with Crippen LogP contribution in [0, 0.1) is 18.3 Å². The van der Waals surface area contributed by atoms with Gasteiger partial charge in [0.1, 0.15) is 17.3 Å². The van der Waals surface area contributed by atoms with Crippen molar-refractivity contribution >= 4 is 11.9 Å². The fourth-order valence-corrected chi connectivity index (χ4v) is 1.68. The molecule has 0 saturated carbocycles. The molecule has 0 aliphatic rings. The van der Waals surface area contributed by atoms with Gasteiger partial charge in [-0.3, -0.25) is 0 Å². The second kappa shape index (κ2) is 5.45. The first-order chi connectivity index (χ1) is 8.47. The summed E-state index contributed by atoms with van der Waals surface area (Å²) in [5.74, 6) is -0.770. The van der Waals surface area contributed by atoms with Crippen molar-refractivity contribution in [3.05, 3.63) is 17.5 Å². The molecule has 1 aromatic rings. The van der Waals surface area contributed by atoms with E-state index in [0.29, 0.717) is 18.5 Å². The summed E-state index contributed by atoms with van der Waals surface area (Å²) in [6, 6.07) is 3.47. The van der Waals surface area contributed by atoms with Crippen molar-refractivity contribution in [1.82, 2.24) is 9.97 Å². The molecule has 0 saturated heterocycles. The highest BCUT2D eigenvalue weighted by atomic mass is 16.4. The first kappa shape index (κ1) is 13.9. The highest BCUT2D eigenvalue weighted by Crippen LogP contribution is 2.21. The third-order valence-corrected chi connectivity index (χ3v) is 2.94. The lowest BCUT2D eigenvalue weighted by atomic mass is 9.93. The van der Waals surface area contributed by atoms with Crippen molar-refractivity contribution in [1.29, 1.82) is 5.26 Å². The molecule has 0 radical (unpaired) electrons. The fourth-order valence-electron chi connectivity index (χ4n) is 1.68. The molecule has 6 nitrogen and oxygen atoms in total. The summed E-state index contributed by atoms with van der Waals surface area (Å²) in [5.41, 5.74) is -0.257. The van der Waals surface area contributed by atoms with Gasteiger partial charge in [0, 0.05) is 5.69 Å². The zero-order chi connectivity index (χ0) is 13.8. The SMILES string of the molecule is CCC(CC)(Nc1nc(C)cc(C#N)n1)C(=O)O. The van der Waals surface area contributed by atoms with Crippen molar-refractivity contribution in [2.24, 2.45) is 0 Å². The monoisotopic (exact) mass is 248 g/mol. The Morgan fingerprint density at radius 1 is 1.50 bits per heavy atom. The maximum absolute atomic E-state index is 11.3. The van der Waals surface area contributed by atoms with Crippen LogP contribution in [0.3, 0.4) is 0 Å². The summed E-state index contributed by atoms with van der Waals surface area (Å²) in [4.78, 5) is 19.4. The number of aromatic nitrogens is 2. The number of hydrogen-bond donors (Lipinski definition) is 2. The summed E-state index contributed by atoms with van der Waals surface area (Å²) in [7, 11) is 0. The number of nitrogens with zero attached hydrogens (tertiary/aromatic N) is 3. The molecule has 0 unspecified atom stereocenters. The quantitative estimate of drug-likeness (QED) is 0.823. The zero-order valence-corrected chi connectivity index (χ0v) is 10.7. The second-order valence-electron chi connectivity index (χ2n) is 4.05. The van der Waals surface area contributed by atoms with E-state index in [-0.39, 0.29) is 11.6 Å². The van der Waals surface area contributed by atoms with E-state index < -0.39 is 11.5 Å². The number of hydrogen-bond acceptors (Lipinski definition) is 5. The van der Waals surface area contributed by atoms with Crippen LogP contribution in [0.15, 0.2) is 6.07 Å². The van der Waals surface area contributed by atoms with Crippen LogP contribution >= 0.6 is 0 Å². The molecule has 1 rings (SSSR count). The lowest BCUT2D eigenvalue weighted by Crippen LogP contribution is -2.45. The number of anilines is 1. The Balaban J connectivity index is 3.13. The maximum Gasteiger partial charge on any atom is 0.329 e. The van der Waals surface area contributed by atoms with E-state index in [4.69, 9.17) is 5.26 Å². The van der Waals surface area contributed by atoms with E-state index in [1.165, 1.54) is 0 Å². The van der Waals surface area contributed by atoms with Gasteiger partial charge in [0.15, 0.2) is 0 Å². The van der Waals surface area contributed by atoms with Gasteiger partial charge in [-0.25, -0.2) is 14.8 Å². The minimum Gasteiger partial charge on any atom is -0.480 e. The van der Waals surface area contributed by atoms with Gasteiger partial charge in [0.05, 0.1) is 0 Å². The van der Waals surface area contributed by atoms with Gasteiger partial charge in [0.2, 0.25) is 5.95 Å². The summed E-state index contributed by atoms with van der Waals surface area (Å²) in [5, 5.41) is 21.0. The third kappa shape index (κ3) is 2.74. The van der Waals surface area contributed by atoms with Gasteiger partial charge >= 0.3 is 5.97 Å². The summed E-state index contributed by atoms with van der Waals surface area (Å²) in [6.45, 7) is 5.30. The van der Waals surface area contributed by atoms with E-state index in [2.05, 4.69) is 15.3 Å². The van der Waals surface area contributed by atoms with Gasteiger partial charge in [0.25, 0.3) is 0 Å². The predicted octanol–water partition coefficient (Wildman–Crippen LogP) is 1.71. The normalized spacial score (nSPS) is 10.8. The minimum atomic E-state index is -1.10. The van der Waals surface area contributed by atoms with Crippen LogP contribution in [0.25, 0.3) is 0 Å². The van der Waals surface area contributed by atoms with Crippen LogP contribution in [0.4, 0.5) is 5.95 Å². The highest BCUT2D eigenvalue weighted by molar-refractivity contribution is 5.82. The molecular formula is C12H16N4O2. The molecule has 0 fully saturated rings. The van der Waals surface area contributed by atoms with Gasteiger partial charge in [-0.1, -0.05) is 13.8 Å². The average Bonchev–Trinajstić information content (AvgIpc) is 2.35. The Bertz CT molecular complexity index is 489. The fraction of sp³-hybridized carbons (Fsp3) is 0.500. The molecular weight excluding hydrogens is 232 g/mol. The number of nitriles is 1. The first-order valence-electron chi connectivity index (χ1n) is 5.74. The van der Waals surface area contributed by atoms with Crippen LogP contribution in [-0.2, 0) is 4.79 Å². The number of rotatable bonds is 5. The molecule has 0 atom stereocenters. The topological polar surface area (TPSA) is 98.9 Å². The van der Waals surface area contributed by atoms with Crippen LogP contribution in [0.5, 0.6) is 0 Å². The van der Waals surface area contributed by atoms with Gasteiger partial charge < -0.3 is 10.4 Å². The molecule has 96 valence electrons. The molecule has 0 aromatic carbocycles. The van der Waals surface area contributed by atoms with Crippen molar-refractivity contribution in [2.45, 2.75) is 39.2 Å². The first-order valence-corrected chi connectivity index (χ1v) is 5.74. The Kier molecular flexibility index (Phi) is 4.21. The van der Waals surface area contributed by atoms with Crippen LogP contribution < -0.4 is 5.32 Å². The largest absolute Gasteiger partial charge is 0.480 e. The summed E-state index contributed by atoms with van der Waals surface area (Å²) < 4.78 is 0. The Morgan fingerprint density at radius 3 is 2.56 bits per heavy atom. The summed E-state index contributed by atoms with van der Waals surface area (Å²) in [6.07, 6.45) is 0.802. The molecule has 0 bridgehead atoms. The molecule has 0 amide bonds. The second-order valence-corrected chi connectivity index (χ2v) is 4.05. The van der Waals surface area contributed by atoms with Crippen molar-refractivity contribution in [3.8, 4) is 6.07 Å². The minimum absolute atomic E-state index is 0.178. The lowest BCUT2D eigenvalue weighted by molar-refractivity contribution is -0.142. The standard InChI is InChI=1S/C12H16N4O2/c1-4-12(5-2,10(17)18)16-11-14-8(3)6-9(7-13)15-11/h6H,4-5H2,1-3H3,(H,17,18)(H,14,15,16). The molecule has 1 heterocycles. The number of aliphatic carboxylic acids is 1. The van der Waals surface area contributed by atoms with E-state index >= 15 is 0 Å². The Morgan fingerprint density at radius 2 is 2.11 bits per heavy atom. The maximum atomic E-state index is 11.3. The number of carboxylic acids is 1. The molecule has 0 spiro atoms. The number of nitrogens with one attached hydrogen (secondary N) is 1. The van der Waals surface area contributed by atoms with Crippen molar-refractivity contribution < 1.29 is 9.90 Å². The molecule has 0 aliphatic heterocycles. The van der Waals surface area contributed by atoms with Crippen molar-refractivity contribution in [2.75, 3.05) is 5.32 Å².